The van der Waals surface area contributed by atoms with E-state index >= 15 is 0 Å². The molecule has 0 aliphatic rings. The van der Waals surface area contributed by atoms with Crippen molar-refractivity contribution in [3.8, 4) is 5.75 Å². The Hall–Kier alpha value is 0.0995. The monoisotopic (exact) mass is 244 g/mol. The van der Waals surface area contributed by atoms with Gasteiger partial charge in [0.1, 0.15) is 0 Å². The molecule has 0 heterocycles. The predicted molar refractivity (Wildman–Crippen MR) is 34.2 cm³/mol. The van der Waals surface area contributed by atoms with Crippen molar-refractivity contribution in [3.05, 3.63) is 30.3 Å². The van der Waals surface area contributed by atoms with E-state index in [0.717, 1.165) is 0 Å². The van der Waals surface area contributed by atoms with Crippen molar-refractivity contribution in [2.75, 3.05) is 0 Å². The summed E-state index contributed by atoms with van der Waals surface area (Å²) in [6, 6.07) is 7.66. The van der Waals surface area contributed by atoms with Gasteiger partial charge < -0.3 is 0 Å². The van der Waals surface area contributed by atoms with Crippen LogP contribution in [0.25, 0.3) is 0 Å². The topological polar surface area (TPSA) is 66.4 Å². The molecule has 0 unspecified atom stereocenters. The molecular formula is C6H5NaO4Se. The van der Waals surface area contributed by atoms with E-state index in [1.54, 1.807) is 18.2 Å². The van der Waals surface area contributed by atoms with Gasteiger partial charge in [0, 0.05) is 0 Å². The first-order valence-corrected chi connectivity index (χ1v) is 5.58. The fourth-order valence-electron chi connectivity index (χ4n) is 0.594. The van der Waals surface area contributed by atoms with Crippen LogP contribution in [0.3, 0.4) is 0 Å². The molecule has 0 N–H and O–H groups in total. The fraction of sp³-hybridized carbons (Fsp3) is 0. The minimum atomic E-state index is -5.31. The predicted octanol–water partition coefficient (Wildman–Crippen LogP) is -3.27. The number of para-hydroxylation sites is 1. The minimum absolute atomic E-state index is 0. The molecule has 1 aromatic carbocycles. The molecule has 0 amide bonds. The first kappa shape index (κ1) is 12.1. The molecule has 0 spiro atoms. The normalized spacial score (nSPS) is 10.1. The van der Waals surface area contributed by atoms with Crippen LogP contribution in [0.4, 0.5) is 0 Å². The van der Waals surface area contributed by atoms with Crippen LogP contribution in [0.1, 0.15) is 0 Å². The van der Waals surface area contributed by atoms with Gasteiger partial charge >= 0.3 is 94.7 Å². The maximum absolute atomic E-state index is 10.1. The van der Waals surface area contributed by atoms with Gasteiger partial charge in [-0.05, 0) is 0 Å². The van der Waals surface area contributed by atoms with Gasteiger partial charge in [-0.3, -0.25) is 0 Å². The van der Waals surface area contributed by atoms with Gasteiger partial charge in [0.2, 0.25) is 0 Å². The summed E-state index contributed by atoms with van der Waals surface area (Å²) in [7, 11) is 0. The largest absolute Gasteiger partial charge is 1.00 e. The first-order chi connectivity index (χ1) is 5.08. The molecule has 0 aliphatic heterocycles. The average molecular weight is 243 g/mol. The van der Waals surface area contributed by atoms with Crippen molar-refractivity contribution < 1.29 is 45.2 Å². The molecular weight excluding hydrogens is 238 g/mol. The third-order valence-electron chi connectivity index (χ3n) is 0.941. The van der Waals surface area contributed by atoms with Crippen molar-refractivity contribution in [1.82, 2.24) is 0 Å². The Bertz CT molecular complexity index is 321. The van der Waals surface area contributed by atoms with Gasteiger partial charge in [0.15, 0.2) is 0 Å². The summed E-state index contributed by atoms with van der Waals surface area (Å²) in [5, 5.41) is 0. The summed E-state index contributed by atoms with van der Waals surface area (Å²) >= 11 is -5.31. The Balaban J connectivity index is 0.00000121. The number of hydrogen-bond acceptors (Lipinski definition) is 4. The van der Waals surface area contributed by atoms with Crippen LogP contribution in [0.2, 0.25) is 0 Å². The second kappa shape index (κ2) is 4.97. The molecule has 0 saturated carbocycles. The van der Waals surface area contributed by atoms with E-state index in [4.69, 9.17) is 0 Å². The zero-order valence-corrected chi connectivity index (χ0v) is 10.1. The summed E-state index contributed by atoms with van der Waals surface area (Å²) in [6.45, 7) is 0. The molecule has 1 aromatic rings. The van der Waals surface area contributed by atoms with E-state index in [1.165, 1.54) is 12.1 Å². The van der Waals surface area contributed by atoms with Crippen molar-refractivity contribution in [2.24, 2.45) is 0 Å². The van der Waals surface area contributed by atoms with Crippen LogP contribution in [0.5, 0.6) is 5.75 Å². The van der Waals surface area contributed by atoms with Gasteiger partial charge in [-0.15, -0.1) is 0 Å². The van der Waals surface area contributed by atoms with Crippen molar-refractivity contribution >= 4 is 13.4 Å². The first-order valence-electron chi connectivity index (χ1n) is 2.78. The molecule has 0 atom stereocenters. The third kappa shape index (κ3) is 4.87. The van der Waals surface area contributed by atoms with E-state index in [2.05, 4.69) is 3.82 Å². The Kier molecular flexibility index (Phi) is 5.01. The minimum Gasteiger partial charge on any atom is 1.00 e. The number of hydrogen-bond donors (Lipinski definition) is 0. The molecule has 6 heteroatoms. The van der Waals surface area contributed by atoms with Crippen LogP contribution in [0, 0.1) is 0 Å². The summed E-state index contributed by atoms with van der Waals surface area (Å²) < 4.78 is 34.4. The molecule has 0 bridgehead atoms. The maximum atomic E-state index is 10.1. The maximum Gasteiger partial charge on any atom is 1.00 e. The Morgan fingerprint density at radius 1 is 1.17 bits per heavy atom. The van der Waals surface area contributed by atoms with Crippen molar-refractivity contribution in [2.45, 2.75) is 0 Å². The van der Waals surface area contributed by atoms with Crippen LogP contribution in [-0.4, -0.2) is 13.4 Å². The SMILES string of the molecule is O=[Se](=O)([O-])Oc1ccccc1.[Na+]. The molecule has 0 saturated heterocycles. The molecule has 1 rings (SSSR count). The van der Waals surface area contributed by atoms with Gasteiger partial charge in [0.05, 0.1) is 0 Å². The molecule has 4 nitrogen and oxygen atoms in total. The van der Waals surface area contributed by atoms with E-state index in [0.29, 0.717) is 0 Å². The zero-order chi connectivity index (χ0) is 8.32. The molecule has 60 valence electrons. The van der Waals surface area contributed by atoms with Gasteiger partial charge in [-0.1, -0.05) is 0 Å². The molecule has 0 aliphatic carbocycles. The third-order valence-corrected chi connectivity index (χ3v) is 1.77. The number of rotatable bonds is 2. The quantitative estimate of drug-likeness (QED) is 0.511. The summed E-state index contributed by atoms with van der Waals surface area (Å²) in [5.41, 5.74) is 0. The fourth-order valence-corrected chi connectivity index (χ4v) is 1.32. The van der Waals surface area contributed by atoms with Crippen LogP contribution in [-0.2, 0) is 7.67 Å². The average Bonchev–Trinajstić information content (AvgIpc) is 1.85. The Morgan fingerprint density at radius 2 is 1.67 bits per heavy atom. The standard InChI is InChI=1S/C6H6O4Se.Na/c7-11(8,9)10-6-4-2-1-3-5-6;/h1-5H,(H,7,8,9);/q;+1/p-1. The Morgan fingerprint density at radius 3 is 2.08 bits per heavy atom. The smallest absolute Gasteiger partial charge is 1.00 e. The van der Waals surface area contributed by atoms with Gasteiger partial charge in [-0.25, -0.2) is 0 Å². The second-order valence-electron chi connectivity index (χ2n) is 1.80. The van der Waals surface area contributed by atoms with Gasteiger partial charge in [0.25, 0.3) is 0 Å². The van der Waals surface area contributed by atoms with E-state index < -0.39 is 13.4 Å². The zero-order valence-electron chi connectivity index (χ0n) is 6.43. The van der Waals surface area contributed by atoms with E-state index in [1.807, 2.05) is 0 Å². The summed E-state index contributed by atoms with van der Waals surface area (Å²) in [5.74, 6) is 0.0625. The van der Waals surface area contributed by atoms with Crippen LogP contribution >= 0.6 is 0 Å². The van der Waals surface area contributed by atoms with E-state index in [9.17, 15) is 11.9 Å². The molecule has 0 fully saturated rings. The van der Waals surface area contributed by atoms with Gasteiger partial charge in [-0.2, -0.15) is 0 Å². The second-order valence-corrected chi connectivity index (χ2v) is 3.87. The Labute approximate surface area is 94.1 Å². The molecule has 12 heavy (non-hydrogen) atoms. The van der Waals surface area contributed by atoms with Crippen LogP contribution in [0.15, 0.2) is 30.3 Å². The number of benzene rings is 1. The molecule has 0 radical (unpaired) electrons. The summed E-state index contributed by atoms with van der Waals surface area (Å²) in [6.07, 6.45) is 0. The molecule has 0 aromatic heterocycles. The summed E-state index contributed by atoms with van der Waals surface area (Å²) in [4.78, 5) is 0. The van der Waals surface area contributed by atoms with Crippen molar-refractivity contribution in [1.29, 1.82) is 0 Å². The van der Waals surface area contributed by atoms with Crippen LogP contribution < -0.4 is 37.6 Å². The van der Waals surface area contributed by atoms with Crippen molar-refractivity contribution in [3.63, 3.8) is 0 Å². The van der Waals surface area contributed by atoms with E-state index in [-0.39, 0.29) is 35.3 Å².